The second kappa shape index (κ2) is 14.7. The van der Waals surface area contributed by atoms with Gasteiger partial charge in [0.15, 0.2) is 5.82 Å². The number of hydrogen-bond acceptors (Lipinski definition) is 5. The Kier molecular flexibility index (Phi) is 8.42. The Morgan fingerprint density at radius 1 is 0.274 bits per heavy atom. The van der Waals surface area contributed by atoms with Crippen molar-refractivity contribution in [3.63, 3.8) is 0 Å². The maximum absolute atomic E-state index is 6.24. The predicted octanol–water partition coefficient (Wildman–Crippen LogP) is 15.3. The van der Waals surface area contributed by atoms with Gasteiger partial charge >= 0.3 is 0 Å². The van der Waals surface area contributed by atoms with Crippen molar-refractivity contribution in [3.8, 4) is 78.4 Å². The molecule has 0 fully saturated rings. The van der Waals surface area contributed by atoms with E-state index < -0.39 is 0 Å². The molecule has 0 spiro atoms. The fourth-order valence-electron chi connectivity index (χ4n) is 8.63. The highest BCUT2D eigenvalue weighted by Gasteiger charge is 2.17. The molecule has 0 aliphatic rings. The van der Waals surface area contributed by atoms with E-state index >= 15 is 0 Å². The first-order valence-electron chi connectivity index (χ1n) is 20.7. The van der Waals surface area contributed by atoms with Gasteiger partial charge in [0.05, 0.1) is 11.4 Å². The molecule has 0 saturated carbocycles. The smallest absolute Gasteiger partial charge is 0.160 e. The second-order valence-electron chi connectivity index (χ2n) is 15.6. The Hall–Kier alpha value is -8.41. The van der Waals surface area contributed by atoms with Crippen LogP contribution in [0.3, 0.4) is 0 Å². The summed E-state index contributed by atoms with van der Waals surface area (Å²) in [7, 11) is 0. The maximum Gasteiger partial charge on any atom is 0.160 e. The van der Waals surface area contributed by atoms with Crippen LogP contribution in [0.5, 0.6) is 0 Å². The molecule has 0 atom stereocenters. The molecule has 0 radical (unpaired) electrons. The molecule has 62 heavy (non-hydrogen) atoms. The lowest BCUT2D eigenvalue weighted by Crippen LogP contribution is -1.97. The number of para-hydroxylation sites is 2. The van der Waals surface area contributed by atoms with Crippen LogP contribution in [0.2, 0.25) is 0 Å². The number of nitrogens with zero attached hydrogens (tertiary/aromatic N) is 3. The number of aromatic nitrogens is 3. The minimum absolute atomic E-state index is 0.629. The van der Waals surface area contributed by atoms with Gasteiger partial charge in [-0.2, -0.15) is 0 Å². The highest BCUT2D eigenvalue weighted by Crippen LogP contribution is 2.39. The second-order valence-corrected chi connectivity index (χ2v) is 15.6. The van der Waals surface area contributed by atoms with Crippen molar-refractivity contribution in [3.05, 3.63) is 213 Å². The fraction of sp³-hybridized carbons (Fsp3) is 0. The normalized spacial score (nSPS) is 11.5. The van der Waals surface area contributed by atoms with Gasteiger partial charge in [0.25, 0.3) is 0 Å². The van der Waals surface area contributed by atoms with E-state index in [9.17, 15) is 0 Å². The van der Waals surface area contributed by atoms with Gasteiger partial charge in [-0.15, -0.1) is 0 Å². The quantitative estimate of drug-likeness (QED) is 0.161. The number of hydrogen-bond donors (Lipinski definition) is 0. The van der Waals surface area contributed by atoms with Gasteiger partial charge in [-0.3, -0.25) is 4.98 Å². The Morgan fingerprint density at radius 2 is 0.742 bits per heavy atom. The number of furan rings is 2. The van der Waals surface area contributed by atoms with Crippen molar-refractivity contribution < 1.29 is 8.83 Å². The molecule has 0 aliphatic carbocycles. The van der Waals surface area contributed by atoms with Crippen molar-refractivity contribution >= 4 is 43.9 Å². The molecule has 290 valence electrons. The first kappa shape index (κ1) is 35.5. The highest BCUT2D eigenvalue weighted by atomic mass is 16.3. The first-order chi connectivity index (χ1) is 30.7. The first-order valence-corrected chi connectivity index (χ1v) is 20.7. The Morgan fingerprint density at radius 3 is 1.39 bits per heavy atom. The molecular formula is C57H35N3O2. The van der Waals surface area contributed by atoms with Crippen molar-refractivity contribution in [2.75, 3.05) is 0 Å². The lowest BCUT2D eigenvalue weighted by atomic mass is 9.94. The molecule has 0 amide bonds. The van der Waals surface area contributed by atoms with Crippen LogP contribution in [0.4, 0.5) is 0 Å². The lowest BCUT2D eigenvalue weighted by Gasteiger charge is -2.14. The summed E-state index contributed by atoms with van der Waals surface area (Å²) >= 11 is 0. The van der Waals surface area contributed by atoms with Crippen molar-refractivity contribution in [2.45, 2.75) is 0 Å². The van der Waals surface area contributed by atoms with Gasteiger partial charge in [-0.25, -0.2) is 9.97 Å². The minimum atomic E-state index is 0.629. The third-order valence-electron chi connectivity index (χ3n) is 11.8. The van der Waals surface area contributed by atoms with E-state index in [0.29, 0.717) is 5.82 Å². The number of benzene rings is 8. The van der Waals surface area contributed by atoms with Gasteiger partial charge in [0.2, 0.25) is 0 Å². The summed E-state index contributed by atoms with van der Waals surface area (Å²) in [5.74, 6) is 0.629. The van der Waals surface area contributed by atoms with Crippen LogP contribution >= 0.6 is 0 Å². The van der Waals surface area contributed by atoms with Crippen LogP contribution in [0.1, 0.15) is 0 Å². The lowest BCUT2D eigenvalue weighted by molar-refractivity contribution is 0.668. The van der Waals surface area contributed by atoms with E-state index in [2.05, 4.69) is 169 Å². The average Bonchev–Trinajstić information content (AvgIpc) is 3.92. The van der Waals surface area contributed by atoms with E-state index in [0.717, 1.165) is 111 Å². The molecule has 0 saturated heterocycles. The zero-order chi connectivity index (χ0) is 41.0. The molecule has 8 aromatic carbocycles. The van der Waals surface area contributed by atoms with Crippen molar-refractivity contribution in [1.29, 1.82) is 0 Å². The van der Waals surface area contributed by atoms with E-state index in [1.807, 2.05) is 42.6 Å². The summed E-state index contributed by atoms with van der Waals surface area (Å²) in [6.45, 7) is 0. The molecule has 0 N–H and O–H groups in total. The van der Waals surface area contributed by atoms with Gasteiger partial charge in [0.1, 0.15) is 22.3 Å². The third kappa shape index (κ3) is 6.40. The van der Waals surface area contributed by atoms with Crippen molar-refractivity contribution in [1.82, 2.24) is 15.0 Å². The molecule has 0 aliphatic heterocycles. The molecule has 5 nitrogen and oxygen atoms in total. The Bertz CT molecular complexity index is 3490. The third-order valence-corrected chi connectivity index (χ3v) is 11.8. The van der Waals surface area contributed by atoms with E-state index in [1.165, 1.54) is 5.56 Å². The molecule has 12 rings (SSSR count). The molecule has 0 bridgehead atoms. The average molecular weight is 794 g/mol. The fourth-order valence-corrected chi connectivity index (χ4v) is 8.63. The van der Waals surface area contributed by atoms with Crippen LogP contribution in [-0.2, 0) is 0 Å². The highest BCUT2D eigenvalue weighted by molar-refractivity contribution is 6.07. The summed E-state index contributed by atoms with van der Waals surface area (Å²) in [5.41, 5.74) is 16.7. The Labute approximate surface area is 357 Å². The molecule has 0 unspecified atom stereocenters. The zero-order valence-electron chi connectivity index (χ0n) is 33.4. The monoisotopic (exact) mass is 793 g/mol. The molecule has 5 heteroatoms. The topological polar surface area (TPSA) is 65.0 Å². The molecular weight excluding hydrogens is 759 g/mol. The summed E-state index contributed by atoms with van der Waals surface area (Å²) in [6, 6.07) is 69.7. The number of fused-ring (bicyclic) bond motifs is 6. The zero-order valence-corrected chi connectivity index (χ0v) is 33.4. The molecule has 4 aromatic heterocycles. The summed E-state index contributed by atoms with van der Waals surface area (Å²) in [5, 5.41) is 4.32. The summed E-state index contributed by atoms with van der Waals surface area (Å²) in [4.78, 5) is 15.1. The summed E-state index contributed by atoms with van der Waals surface area (Å²) in [6.07, 6.45) is 3.69. The maximum atomic E-state index is 6.24. The van der Waals surface area contributed by atoms with Crippen molar-refractivity contribution in [2.24, 2.45) is 0 Å². The van der Waals surface area contributed by atoms with Gasteiger partial charge < -0.3 is 8.83 Å². The predicted molar refractivity (Wildman–Crippen MR) is 252 cm³/mol. The molecule has 4 heterocycles. The van der Waals surface area contributed by atoms with E-state index in [-0.39, 0.29) is 0 Å². The van der Waals surface area contributed by atoms with E-state index in [4.69, 9.17) is 18.8 Å². The number of pyridine rings is 1. The van der Waals surface area contributed by atoms with Crippen LogP contribution in [0.15, 0.2) is 221 Å². The SMILES string of the molecule is c1ccc(-c2ccc(-c3cc(-c4cccc(-c5cccnc5)c4)nc(-c4cc(-c5ccc6oc7ccccc7c6c5)cc(-c5ccc6oc7ccccc7c6c5)c4)n3)cc2)cc1. The number of rotatable bonds is 7. The van der Waals surface area contributed by atoms with E-state index in [1.54, 1.807) is 6.20 Å². The molecule has 12 aromatic rings. The standard InChI is InChI=1S/C57H35N3O2/c1-2-10-36(11-3-1)37-19-21-38(22-20-37)51-34-52(42-13-8-12-39(28-42)43-14-9-27-58-35-43)60-57(59-51)46-30-44(40-23-25-55-49(32-40)47-15-4-6-17-53(47)61-55)29-45(31-46)41-24-26-56-50(33-41)48-16-5-7-18-54(48)62-56/h1-35H. The minimum Gasteiger partial charge on any atom is -0.456 e. The van der Waals surface area contributed by atoms with Crippen LogP contribution in [0, 0.1) is 0 Å². The van der Waals surface area contributed by atoms with Crippen LogP contribution in [-0.4, -0.2) is 15.0 Å². The van der Waals surface area contributed by atoms with Gasteiger partial charge in [-0.1, -0.05) is 127 Å². The van der Waals surface area contributed by atoms with Gasteiger partial charge in [-0.05, 0) is 112 Å². The largest absolute Gasteiger partial charge is 0.456 e. The summed E-state index contributed by atoms with van der Waals surface area (Å²) < 4.78 is 12.5. The Balaban J connectivity index is 1.07. The van der Waals surface area contributed by atoms with Crippen LogP contribution < -0.4 is 0 Å². The van der Waals surface area contributed by atoms with Gasteiger partial charge in [0, 0.05) is 56.2 Å². The van der Waals surface area contributed by atoms with Crippen LogP contribution in [0.25, 0.3) is 122 Å².